The smallest absolute Gasteiger partial charge is 0.0474 e. The Labute approximate surface area is 86.5 Å². The maximum Gasteiger partial charge on any atom is 0.0474 e. The Balaban J connectivity index is 1.86. The minimum absolute atomic E-state index is 0.364. The minimum atomic E-state index is 0.364. The van der Waals surface area contributed by atoms with E-state index in [-0.39, 0.29) is 0 Å². The number of nitrogens with zero attached hydrogens (tertiary/aromatic N) is 1. The molecule has 0 amide bonds. The first-order chi connectivity index (χ1) is 6.81. The van der Waals surface area contributed by atoms with Crippen molar-refractivity contribution >= 4 is 0 Å². The Morgan fingerprint density at radius 1 is 1.29 bits per heavy atom. The normalized spacial score (nSPS) is 36.4. The Morgan fingerprint density at radius 2 is 2.00 bits per heavy atom. The predicted octanol–water partition coefficient (Wildman–Crippen LogP) is 0.299. The Hall–Kier alpha value is -0.120. The molecule has 0 radical (unpaired) electrons. The summed E-state index contributed by atoms with van der Waals surface area (Å²) in [6, 6.07) is 0.773. The highest BCUT2D eigenvalue weighted by molar-refractivity contribution is 4.87. The molecular formula is C11H22N2O. The molecule has 14 heavy (non-hydrogen) atoms. The van der Waals surface area contributed by atoms with Gasteiger partial charge in [-0.25, -0.2) is 0 Å². The Kier molecular flexibility index (Phi) is 3.42. The zero-order valence-corrected chi connectivity index (χ0v) is 9.08. The maximum absolute atomic E-state index is 9.21. The third kappa shape index (κ3) is 2.10. The monoisotopic (exact) mass is 198 g/mol. The summed E-state index contributed by atoms with van der Waals surface area (Å²) in [4.78, 5) is 2.59. The highest BCUT2D eigenvalue weighted by Crippen LogP contribution is 2.26. The zero-order valence-electron chi connectivity index (χ0n) is 9.08. The molecule has 2 N–H and O–H groups in total. The predicted molar refractivity (Wildman–Crippen MR) is 57.2 cm³/mol. The van der Waals surface area contributed by atoms with Crippen LogP contribution < -0.4 is 5.32 Å². The molecule has 0 aliphatic carbocycles. The Bertz CT molecular complexity index is 180. The van der Waals surface area contributed by atoms with Gasteiger partial charge in [0.25, 0.3) is 0 Å². The van der Waals surface area contributed by atoms with Crippen LogP contribution in [0.4, 0.5) is 0 Å². The van der Waals surface area contributed by atoms with Gasteiger partial charge in [-0.15, -0.1) is 0 Å². The maximum atomic E-state index is 9.21. The van der Waals surface area contributed by atoms with Gasteiger partial charge in [-0.1, -0.05) is 6.92 Å². The number of hydrogen-bond acceptors (Lipinski definition) is 3. The van der Waals surface area contributed by atoms with Gasteiger partial charge >= 0.3 is 0 Å². The van der Waals surface area contributed by atoms with Crippen LogP contribution in [-0.4, -0.2) is 48.8 Å². The van der Waals surface area contributed by atoms with Crippen LogP contribution in [0.1, 0.15) is 19.8 Å². The first-order valence-corrected chi connectivity index (χ1v) is 5.87. The van der Waals surface area contributed by atoms with Crippen molar-refractivity contribution in [2.24, 2.45) is 11.8 Å². The summed E-state index contributed by atoms with van der Waals surface area (Å²) < 4.78 is 0. The van der Waals surface area contributed by atoms with Crippen molar-refractivity contribution in [2.75, 3.05) is 32.8 Å². The topological polar surface area (TPSA) is 35.5 Å². The number of likely N-dealkylation sites (tertiary alicyclic amines) is 1. The average Bonchev–Trinajstić information content (AvgIpc) is 2.61. The SMILES string of the molecule is C[C@H]1CN(C2CCNCC2)C[C@@H]1CO. The summed E-state index contributed by atoms with van der Waals surface area (Å²) in [5.74, 6) is 1.19. The lowest BCUT2D eigenvalue weighted by atomic mass is 10.00. The van der Waals surface area contributed by atoms with Crippen LogP contribution in [0.15, 0.2) is 0 Å². The van der Waals surface area contributed by atoms with Crippen molar-refractivity contribution in [2.45, 2.75) is 25.8 Å². The van der Waals surface area contributed by atoms with E-state index >= 15 is 0 Å². The molecule has 0 aromatic carbocycles. The van der Waals surface area contributed by atoms with E-state index in [1.807, 2.05) is 0 Å². The van der Waals surface area contributed by atoms with Crippen molar-refractivity contribution in [3.8, 4) is 0 Å². The molecule has 2 atom stereocenters. The summed E-state index contributed by atoms with van der Waals surface area (Å²) in [7, 11) is 0. The molecule has 2 aliphatic rings. The molecule has 0 aromatic heterocycles. The second kappa shape index (κ2) is 4.60. The fourth-order valence-electron chi connectivity index (χ4n) is 2.78. The quantitative estimate of drug-likeness (QED) is 0.670. The first-order valence-electron chi connectivity index (χ1n) is 5.87. The average molecular weight is 198 g/mol. The van der Waals surface area contributed by atoms with Gasteiger partial charge in [0, 0.05) is 25.7 Å². The summed E-state index contributed by atoms with van der Waals surface area (Å²) >= 11 is 0. The van der Waals surface area contributed by atoms with Crippen LogP contribution in [0.3, 0.4) is 0 Å². The second-order valence-electron chi connectivity index (χ2n) is 4.86. The van der Waals surface area contributed by atoms with E-state index in [4.69, 9.17) is 0 Å². The van der Waals surface area contributed by atoms with Crippen molar-refractivity contribution in [3.63, 3.8) is 0 Å². The van der Waals surface area contributed by atoms with Gasteiger partial charge in [0.05, 0.1) is 0 Å². The lowest BCUT2D eigenvalue weighted by Gasteiger charge is -2.31. The largest absolute Gasteiger partial charge is 0.396 e. The number of hydrogen-bond donors (Lipinski definition) is 2. The molecule has 2 rings (SSSR count). The van der Waals surface area contributed by atoms with E-state index in [1.165, 1.54) is 32.5 Å². The van der Waals surface area contributed by atoms with Gasteiger partial charge < -0.3 is 10.4 Å². The third-order valence-corrected chi connectivity index (χ3v) is 3.86. The number of aliphatic hydroxyl groups excluding tert-OH is 1. The standard InChI is InChI=1S/C11H22N2O/c1-9-6-13(7-10(9)8-14)11-2-4-12-5-3-11/h9-12,14H,2-8H2,1H3/t9-,10+/m0/s1. The lowest BCUT2D eigenvalue weighted by Crippen LogP contribution is -2.42. The van der Waals surface area contributed by atoms with Gasteiger partial charge in [0.15, 0.2) is 0 Å². The van der Waals surface area contributed by atoms with E-state index in [0.29, 0.717) is 18.4 Å². The second-order valence-corrected chi connectivity index (χ2v) is 4.86. The molecule has 2 aliphatic heterocycles. The van der Waals surface area contributed by atoms with Crippen LogP contribution in [0.5, 0.6) is 0 Å². The Morgan fingerprint density at radius 3 is 2.57 bits per heavy atom. The van der Waals surface area contributed by atoms with Gasteiger partial charge in [-0.05, 0) is 37.8 Å². The van der Waals surface area contributed by atoms with Crippen LogP contribution in [-0.2, 0) is 0 Å². The van der Waals surface area contributed by atoms with Crippen molar-refractivity contribution in [1.82, 2.24) is 10.2 Å². The van der Waals surface area contributed by atoms with Crippen molar-refractivity contribution in [1.29, 1.82) is 0 Å². The minimum Gasteiger partial charge on any atom is -0.396 e. The highest BCUT2D eigenvalue weighted by Gasteiger charge is 2.33. The molecule has 0 aromatic rings. The molecule has 3 nitrogen and oxygen atoms in total. The molecule has 2 fully saturated rings. The highest BCUT2D eigenvalue weighted by atomic mass is 16.3. The number of aliphatic hydroxyl groups is 1. The van der Waals surface area contributed by atoms with Crippen LogP contribution >= 0.6 is 0 Å². The molecule has 2 heterocycles. The fraction of sp³-hybridized carbons (Fsp3) is 1.00. The third-order valence-electron chi connectivity index (χ3n) is 3.86. The molecule has 0 bridgehead atoms. The number of piperidine rings is 1. The molecule has 82 valence electrons. The van der Waals surface area contributed by atoms with E-state index in [0.717, 1.165) is 12.6 Å². The molecule has 0 unspecified atom stereocenters. The molecule has 0 spiro atoms. The van der Waals surface area contributed by atoms with Crippen LogP contribution in [0.2, 0.25) is 0 Å². The molecule has 2 saturated heterocycles. The van der Waals surface area contributed by atoms with Crippen molar-refractivity contribution < 1.29 is 5.11 Å². The van der Waals surface area contributed by atoms with Gasteiger partial charge in [0.2, 0.25) is 0 Å². The molecule has 3 heteroatoms. The van der Waals surface area contributed by atoms with Crippen molar-refractivity contribution in [3.05, 3.63) is 0 Å². The van der Waals surface area contributed by atoms with E-state index in [2.05, 4.69) is 17.1 Å². The van der Waals surface area contributed by atoms with Gasteiger partial charge in [-0.2, -0.15) is 0 Å². The van der Waals surface area contributed by atoms with E-state index in [9.17, 15) is 5.11 Å². The lowest BCUT2D eigenvalue weighted by molar-refractivity contribution is 0.173. The van der Waals surface area contributed by atoms with Gasteiger partial charge in [0.1, 0.15) is 0 Å². The summed E-state index contributed by atoms with van der Waals surface area (Å²) in [5, 5.41) is 12.6. The number of rotatable bonds is 2. The molecular weight excluding hydrogens is 176 g/mol. The summed E-state index contributed by atoms with van der Waals surface area (Å²) in [6.45, 7) is 7.27. The van der Waals surface area contributed by atoms with E-state index in [1.54, 1.807) is 0 Å². The zero-order chi connectivity index (χ0) is 9.97. The van der Waals surface area contributed by atoms with E-state index < -0.39 is 0 Å². The number of nitrogens with one attached hydrogen (secondary N) is 1. The summed E-state index contributed by atoms with van der Waals surface area (Å²) in [6.07, 6.45) is 2.57. The van der Waals surface area contributed by atoms with Gasteiger partial charge in [-0.3, -0.25) is 4.90 Å². The van der Waals surface area contributed by atoms with Crippen LogP contribution in [0, 0.1) is 11.8 Å². The fourth-order valence-corrected chi connectivity index (χ4v) is 2.78. The first kappa shape index (κ1) is 10.4. The summed E-state index contributed by atoms with van der Waals surface area (Å²) in [5.41, 5.74) is 0. The molecule has 0 saturated carbocycles. The van der Waals surface area contributed by atoms with Crippen LogP contribution in [0.25, 0.3) is 0 Å².